The van der Waals surface area contributed by atoms with E-state index in [1.807, 2.05) is 44.2 Å². The maximum atomic E-state index is 11.9. The number of nitrogens with one attached hydrogen (secondary N) is 1. The summed E-state index contributed by atoms with van der Waals surface area (Å²) in [5, 5.41) is 12.7. The van der Waals surface area contributed by atoms with Gasteiger partial charge in [-0.15, -0.1) is 0 Å². The summed E-state index contributed by atoms with van der Waals surface area (Å²) in [6.07, 6.45) is -0.575. The van der Waals surface area contributed by atoms with Crippen LogP contribution in [0, 0.1) is 5.92 Å². The second-order valence-electron chi connectivity index (χ2n) is 5.59. The van der Waals surface area contributed by atoms with E-state index in [1.165, 1.54) is 4.90 Å². The SMILES string of the molecule is CC(C)CNC(=O)C(O)C(C)N(C=O)Cc1ccccc1. The summed E-state index contributed by atoms with van der Waals surface area (Å²) in [4.78, 5) is 24.5. The number of hydrogen-bond acceptors (Lipinski definition) is 3. The molecule has 0 fully saturated rings. The molecule has 0 aliphatic carbocycles. The maximum absolute atomic E-state index is 11.9. The van der Waals surface area contributed by atoms with E-state index in [0.717, 1.165) is 5.56 Å². The van der Waals surface area contributed by atoms with Crippen molar-refractivity contribution in [2.75, 3.05) is 6.54 Å². The Bertz CT molecular complexity index is 448. The van der Waals surface area contributed by atoms with Crippen LogP contribution in [0.15, 0.2) is 30.3 Å². The first-order chi connectivity index (χ1) is 9.95. The first-order valence-corrected chi connectivity index (χ1v) is 7.16. The highest BCUT2D eigenvalue weighted by atomic mass is 16.3. The van der Waals surface area contributed by atoms with Gasteiger partial charge in [0.15, 0.2) is 6.10 Å². The molecule has 0 bridgehead atoms. The lowest BCUT2D eigenvalue weighted by atomic mass is 10.1. The molecule has 1 rings (SSSR count). The minimum absolute atomic E-state index is 0.308. The Labute approximate surface area is 126 Å². The van der Waals surface area contributed by atoms with Crippen molar-refractivity contribution >= 4 is 12.3 Å². The van der Waals surface area contributed by atoms with E-state index in [-0.39, 0.29) is 0 Å². The number of amides is 2. The molecule has 2 atom stereocenters. The molecule has 0 aliphatic rings. The van der Waals surface area contributed by atoms with E-state index in [4.69, 9.17) is 0 Å². The molecule has 1 aromatic carbocycles. The third kappa shape index (κ3) is 5.55. The maximum Gasteiger partial charge on any atom is 0.250 e. The lowest BCUT2D eigenvalue weighted by Gasteiger charge is -2.28. The fourth-order valence-electron chi connectivity index (χ4n) is 1.88. The van der Waals surface area contributed by atoms with E-state index in [9.17, 15) is 14.7 Å². The van der Waals surface area contributed by atoms with Crippen LogP contribution in [-0.2, 0) is 16.1 Å². The Morgan fingerprint density at radius 1 is 1.29 bits per heavy atom. The average Bonchev–Trinajstić information content (AvgIpc) is 2.49. The summed E-state index contributed by atoms with van der Waals surface area (Å²) >= 11 is 0. The fraction of sp³-hybridized carbons (Fsp3) is 0.500. The number of aliphatic hydroxyl groups excluding tert-OH is 1. The Kier molecular flexibility index (Phi) is 6.88. The van der Waals surface area contributed by atoms with Gasteiger partial charge < -0.3 is 15.3 Å². The van der Waals surface area contributed by atoms with E-state index in [2.05, 4.69) is 5.32 Å². The fourth-order valence-corrected chi connectivity index (χ4v) is 1.88. The topological polar surface area (TPSA) is 69.6 Å². The molecular formula is C16H24N2O3. The third-order valence-corrected chi connectivity index (χ3v) is 3.28. The van der Waals surface area contributed by atoms with Gasteiger partial charge in [-0.05, 0) is 18.4 Å². The summed E-state index contributed by atoms with van der Waals surface area (Å²) in [5.74, 6) is -0.140. The molecule has 0 saturated carbocycles. The third-order valence-electron chi connectivity index (χ3n) is 3.28. The van der Waals surface area contributed by atoms with Crippen molar-refractivity contribution in [1.82, 2.24) is 10.2 Å². The molecular weight excluding hydrogens is 268 g/mol. The zero-order chi connectivity index (χ0) is 15.8. The van der Waals surface area contributed by atoms with Crippen molar-refractivity contribution in [3.05, 3.63) is 35.9 Å². The highest BCUT2D eigenvalue weighted by molar-refractivity contribution is 5.81. The van der Waals surface area contributed by atoms with Crippen molar-refractivity contribution in [2.45, 2.75) is 39.5 Å². The van der Waals surface area contributed by atoms with E-state index < -0.39 is 18.1 Å². The van der Waals surface area contributed by atoms with Crippen LogP contribution in [0.2, 0.25) is 0 Å². The van der Waals surface area contributed by atoms with Gasteiger partial charge in [-0.2, -0.15) is 0 Å². The first-order valence-electron chi connectivity index (χ1n) is 7.16. The normalized spacial score (nSPS) is 13.6. The van der Waals surface area contributed by atoms with Crippen LogP contribution >= 0.6 is 0 Å². The van der Waals surface area contributed by atoms with Gasteiger partial charge in [-0.1, -0.05) is 44.2 Å². The zero-order valence-corrected chi connectivity index (χ0v) is 12.8. The minimum Gasteiger partial charge on any atom is -0.381 e. The number of nitrogens with zero attached hydrogens (tertiary/aromatic N) is 1. The minimum atomic E-state index is -1.24. The quantitative estimate of drug-likeness (QED) is 0.707. The van der Waals surface area contributed by atoms with Gasteiger partial charge in [0, 0.05) is 13.1 Å². The number of benzene rings is 1. The molecule has 2 amide bonds. The second kappa shape index (κ2) is 8.42. The molecule has 1 aromatic rings. The lowest BCUT2D eigenvalue weighted by molar-refractivity contribution is -0.135. The summed E-state index contributed by atoms with van der Waals surface area (Å²) < 4.78 is 0. The smallest absolute Gasteiger partial charge is 0.250 e. The van der Waals surface area contributed by atoms with Gasteiger partial charge in [0.2, 0.25) is 6.41 Å². The number of aliphatic hydroxyl groups is 1. The van der Waals surface area contributed by atoms with Crippen molar-refractivity contribution in [3.63, 3.8) is 0 Å². The summed E-state index contributed by atoms with van der Waals surface area (Å²) in [7, 11) is 0. The molecule has 0 heterocycles. The van der Waals surface area contributed by atoms with Crippen molar-refractivity contribution in [2.24, 2.45) is 5.92 Å². The average molecular weight is 292 g/mol. The number of carbonyl (C=O) groups excluding carboxylic acids is 2. The molecule has 21 heavy (non-hydrogen) atoms. The van der Waals surface area contributed by atoms with Crippen LogP contribution in [-0.4, -0.2) is 41.0 Å². The number of rotatable bonds is 8. The highest BCUT2D eigenvalue weighted by Crippen LogP contribution is 2.09. The predicted molar refractivity (Wildman–Crippen MR) is 81.4 cm³/mol. The Morgan fingerprint density at radius 3 is 2.43 bits per heavy atom. The Hall–Kier alpha value is -1.88. The molecule has 2 unspecified atom stereocenters. The Balaban J connectivity index is 2.63. The Morgan fingerprint density at radius 2 is 1.90 bits per heavy atom. The lowest BCUT2D eigenvalue weighted by Crippen LogP contribution is -2.49. The first kappa shape index (κ1) is 17.2. The second-order valence-corrected chi connectivity index (χ2v) is 5.59. The summed E-state index contributed by atoms with van der Waals surface area (Å²) in [6, 6.07) is 8.87. The molecule has 5 heteroatoms. The van der Waals surface area contributed by atoms with Crippen LogP contribution in [0.5, 0.6) is 0 Å². The zero-order valence-electron chi connectivity index (χ0n) is 12.8. The molecule has 2 N–H and O–H groups in total. The summed E-state index contributed by atoms with van der Waals surface area (Å²) in [5.41, 5.74) is 0.950. The van der Waals surface area contributed by atoms with Crippen LogP contribution in [0.1, 0.15) is 26.3 Å². The molecule has 0 aromatic heterocycles. The molecule has 116 valence electrons. The van der Waals surface area contributed by atoms with Gasteiger partial charge in [0.1, 0.15) is 0 Å². The van der Waals surface area contributed by atoms with E-state index in [0.29, 0.717) is 25.4 Å². The van der Waals surface area contributed by atoms with Crippen LogP contribution < -0.4 is 5.32 Å². The van der Waals surface area contributed by atoms with E-state index >= 15 is 0 Å². The van der Waals surface area contributed by atoms with Crippen LogP contribution in [0.25, 0.3) is 0 Å². The largest absolute Gasteiger partial charge is 0.381 e. The predicted octanol–water partition coefficient (Wildman–Crippen LogP) is 1.17. The van der Waals surface area contributed by atoms with Crippen LogP contribution in [0.3, 0.4) is 0 Å². The van der Waals surface area contributed by atoms with Crippen molar-refractivity contribution in [3.8, 4) is 0 Å². The van der Waals surface area contributed by atoms with Gasteiger partial charge >= 0.3 is 0 Å². The highest BCUT2D eigenvalue weighted by Gasteiger charge is 2.26. The monoisotopic (exact) mass is 292 g/mol. The van der Waals surface area contributed by atoms with Crippen molar-refractivity contribution in [1.29, 1.82) is 0 Å². The van der Waals surface area contributed by atoms with Crippen LogP contribution in [0.4, 0.5) is 0 Å². The number of hydrogen-bond donors (Lipinski definition) is 2. The van der Waals surface area contributed by atoms with E-state index in [1.54, 1.807) is 6.92 Å². The molecule has 5 nitrogen and oxygen atoms in total. The standard InChI is InChI=1S/C16H24N2O3/c1-12(2)9-17-16(21)15(20)13(3)18(11-19)10-14-7-5-4-6-8-14/h4-8,11-13,15,20H,9-10H2,1-3H3,(H,17,21). The van der Waals surface area contributed by atoms with Crippen molar-refractivity contribution < 1.29 is 14.7 Å². The van der Waals surface area contributed by atoms with Gasteiger partial charge in [0.25, 0.3) is 5.91 Å². The molecule has 0 radical (unpaired) electrons. The van der Waals surface area contributed by atoms with Gasteiger partial charge in [-0.25, -0.2) is 0 Å². The van der Waals surface area contributed by atoms with Gasteiger partial charge in [-0.3, -0.25) is 9.59 Å². The molecule has 0 saturated heterocycles. The summed E-state index contributed by atoms with van der Waals surface area (Å²) in [6.45, 7) is 6.48. The number of carbonyl (C=O) groups is 2. The van der Waals surface area contributed by atoms with Gasteiger partial charge in [0.05, 0.1) is 6.04 Å². The molecule has 0 aliphatic heterocycles. The molecule has 0 spiro atoms.